The van der Waals surface area contributed by atoms with E-state index >= 15 is 0 Å². The summed E-state index contributed by atoms with van der Waals surface area (Å²) < 4.78 is 4.99. The first-order valence-electron chi connectivity index (χ1n) is 4.63. The number of hydrogen-bond donors (Lipinski definition) is 2. The molecule has 0 bridgehead atoms. The fraction of sp³-hybridized carbons (Fsp3) is 0.200. The van der Waals surface area contributed by atoms with E-state index in [0.29, 0.717) is 0 Å². The van der Waals surface area contributed by atoms with E-state index < -0.39 is 0 Å². The second-order valence-electron chi connectivity index (χ2n) is 3.19. The first kappa shape index (κ1) is 9.82. The van der Waals surface area contributed by atoms with Crippen LogP contribution in [0.15, 0.2) is 41.6 Å². The van der Waals surface area contributed by atoms with Crippen LogP contribution in [-0.4, -0.2) is 9.97 Å². The smallest absolute Gasteiger partial charge is 0.0935 e. The van der Waals surface area contributed by atoms with Crippen molar-refractivity contribution in [3.8, 4) is 0 Å². The molecule has 2 aromatic heterocycles. The maximum absolute atomic E-state index is 5.47. The van der Waals surface area contributed by atoms with Crippen LogP contribution < -0.4 is 11.3 Å². The second kappa shape index (κ2) is 4.68. The molecule has 0 aromatic carbocycles. The highest BCUT2D eigenvalue weighted by molar-refractivity contribution is 5.12. The van der Waals surface area contributed by atoms with Crippen molar-refractivity contribution >= 4 is 0 Å². The van der Waals surface area contributed by atoms with Gasteiger partial charge in [-0.05, 0) is 18.1 Å². The summed E-state index contributed by atoms with van der Waals surface area (Å²) in [6.45, 7) is 0. The van der Waals surface area contributed by atoms with Crippen LogP contribution in [0.1, 0.15) is 17.3 Å². The molecule has 5 nitrogen and oxygen atoms in total. The van der Waals surface area contributed by atoms with Gasteiger partial charge in [-0.3, -0.25) is 21.2 Å². The minimum atomic E-state index is -0.0451. The summed E-state index contributed by atoms with van der Waals surface area (Å²) in [6.07, 6.45) is 9.04. The van der Waals surface area contributed by atoms with Crippen molar-refractivity contribution in [2.45, 2.75) is 12.5 Å². The van der Waals surface area contributed by atoms with Crippen LogP contribution in [0.3, 0.4) is 0 Å². The van der Waals surface area contributed by atoms with Crippen molar-refractivity contribution in [3.05, 3.63) is 48.4 Å². The molecule has 0 amide bonds. The molecular weight excluding hydrogens is 192 g/mol. The Morgan fingerprint density at radius 2 is 2.40 bits per heavy atom. The maximum Gasteiger partial charge on any atom is 0.0935 e. The van der Waals surface area contributed by atoms with E-state index in [9.17, 15) is 0 Å². The Kier molecular flexibility index (Phi) is 3.06. The molecule has 0 fully saturated rings. The molecular formula is C10H12N4O. The van der Waals surface area contributed by atoms with E-state index in [-0.39, 0.29) is 6.04 Å². The van der Waals surface area contributed by atoms with Gasteiger partial charge in [0.1, 0.15) is 0 Å². The molecule has 1 atom stereocenters. The average Bonchev–Trinajstić information content (AvgIpc) is 2.80. The van der Waals surface area contributed by atoms with E-state index in [0.717, 1.165) is 17.7 Å². The number of furan rings is 1. The van der Waals surface area contributed by atoms with Gasteiger partial charge in [0.2, 0.25) is 0 Å². The van der Waals surface area contributed by atoms with E-state index in [1.54, 1.807) is 31.1 Å². The van der Waals surface area contributed by atoms with E-state index in [2.05, 4.69) is 15.4 Å². The Bertz CT molecular complexity index is 387. The molecule has 5 heteroatoms. The van der Waals surface area contributed by atoms with Crippen LogP contribution in [0.5, 0.6) is 0 Å². The van der Waals surface area contributed by atoms with Gasteiger partial charge in [-0.1, -0.05) is 0 Å². The minimum absolute atomic E-state index is 0.0451. The van der Waals surface area contributed by atoms with Gasteiger partial charge in [-0.15, -0.1) is 0 Å². The van der Waals surface area contributed by atoms with E-state index in [4.69, 9.17) is 10.3 Å². The summed E-state index contributed by atoms with van der Waals surface area (Å²) >= 11 is 0. The third-order valence-electron chi connectivity index (χ3n) is 2.16. The Morgan fingerprint density at radius 3 is 3.00 bits per heavy atom. The van der Waals surface area contributed by atoms with E-state index in [1.165, 1.54) is 0 Å². The van der Waals surface area contributed by atoms with Gasteiger partial charge in [-0.2, -0.15) is 0 Å². The number of nitrogens with one attached hydrogen (secondary N) is 1. The van der Waals surface area contributed by atoms with Gasteiger partial charge < -0.3 is 4.42 Å². The third-order valence-corrected chi connectivity index (χ3v) is 2.16. The maximum atomic E-state index is 5.47. The lowest BCUT2D eigenvalue weighted by molar-refractivity contribution is 0.525. The zero-order valence-corrected chi connectivity index (χ0v) is 8.13. The summed E-state index contributed by atoms with van der Waals surface area (Å²) in [5.41, 5.74) is 4.61. The Morgan fingerprint density at radius 1 is 1.47 bits per heavy atom. The Hall–Kier alpha value is -1.72. The fourth-order valence-electron chi connectivity index (χ4n) is 1.38. The molecule has 3 N–H and O–H groups in total. The number of hydrogen-bond acceptors (Lipinski definition) is 5. The summed E-state index contributed by atoms with van der Waals surface area (Å²) in [5, 5.41) is 0. The van der Waals surface area contributed by atoms with Crippen LogP contribution >= 0.6 is 0 Å². The molecule has 2 rings (SSSR count). The molecule has 0 radical (unpaired) electrons. The highest BCUT2D eigenvalue weighted by atomic mass is 16.3. The molecule has 0 aliphatic carbocycles. The van der Waals surface area contributed by atoms with Crippen molar-refractivity contribution < 1.29 is 4.42 Å². The zero-order chi connectivity index (χ0) is 10.5. The molecule has 0 saturated carbocycles. The molecule has 0 spiro atoms. The average molecular weight is 204 g/mol. The molecule has 1 unspecified atom stereocenters. The number of aromatic nitrogens is 2. The van der Waals surface area contributed by atoms with Crippen LogP contribution in [0.25, 0.3) is 0 Å². The monoisotopic (exact) mass is 204 g/mol. The van der Waals surface area contributed by atoms with Crippen LogP contribution in [0.4, 0.5) is 0 Å². The highest BCUT2D eigenvalue weighted by Gasteiger charge is 2.12. The first-order chi connectivity index (χ1) is 7.40. The molecule has 0 saturated heterocycles. The lowest BCUT2D eigenvalue weighted by atomic mass is 10.1. The Balaban J connectivity index is 2.12. The fourth-order valence-corrected chi connectivity index (χ4v) is 1.38. The number of nitrogens with zero attached hydrogens (tertiary/aromatic N) is 2. The SMILES string of the molecule is NNC(Cc1ccoc1)c1cnccn1. The molecule has 15 heavy (non-hydrogen) atoms. The molecule has 2 aromatic rings. The molecule has 78 valence electrons. The van der Waals surface area contributed by atoms with Gasteiger partial charge in [0.15, 0.2) is 0 Å². The minimum Gasteiger partial charge on any atom is -0.472 e. The summed E-state index contributed by atoms with van der Waals surface area (Å²) in [7, 11) is 0. The quantitative estimate of drug-likeness (QED) is 0.569. The standard InChI is InChI=1S/C10H12N4O/c11-14-9(5-8-1-4-15-7-8)10-6-12-2-3-13-10/h1-4,6-7,9,14H,5,11H2. The normalized spacial score (nSPS) is 12.6. The summed E-state index contributed by atoms with van der Waals surface area (Å²) in [5.74, 6) is 5.47. The Labute approximate surface area is 87.3 Å². The van der Waals surface area contributed by atoms with Gasteiger partial charge >= 0.3 is 0 Å². The number of hydrazine groups is 1. The summed E-state index contributed by atoms with van der Waals surface area (Å²) in [6, 6.07) is 1.86. The molecule has 2 heterocycles. The van der Waals surface area contributed by atoms with Crippen LogP contribution in [0.2, 0.25) is 0 Å². The number of nitrogens with two attached hydrogens (primary N) is 1. The van der Waals surface area contributed by atoms with Crippen LogP contribution in [-0.2, 0) is 6.42 Å². The van der Waals surface area contributed by atoms with Crippen molar-refractivity contribution in [1.29, 1.82) is 0 Å². The first-order valence-corrected chi connectivity index (χ1v) is 4.63. The second-order valence-corrected chi connectivity index (χ2v) is 3.19. The van der Waals surface area contributed by atoms with Crippen molar-refractivity contribution in [2.75, 3.05) is 0 Å². The van der Waals surface area contributed by atoms with Crippen LogP contribution in [0, 0.1) is 0 Å². The topological polar surface area (TPSA) is 77.0 Å². The van der Waals surface area contributed by atoms with Gasteiger partial charge in [0, 0.05) is 12.4 Å². The van der Waals surface area contributed by atoms with Gasteiger partial charge in [0.25, 0.3) is 0 Å². The molecule has 0 aliphatic heterocycles. The van der Waals surface area contributed by atoms with Gasteiger partial charge in [-0.25, -0.2) is 0 Å². The van der Waals surface area contributed by atoms with Crippen molar-refractivity contribution in [3.63, 3.8) is 0 Å². The largest absolute Gasteiger partial charge is 0.472 e. The summed E-state index contributed by atoms with van der Waals surface area (Å²) in [4.78, 5) is 8.20. The predicted octanol–water partition coefficient (Wildman–Crippen LogP) is 0.817. The lowest BCUT2D eigenvalue weighted by Crippen LogP contribution is -2.30. The third kappa shape index (κ3) is 2.39. The molecule has 0 aliphatic rings. The lowest BCUT2D eigenvalue weighted by Gasteiger charge is -2.13. The van der Waals surface area contributed by atoms with E-state index in [1.807, 2.05) is 6.07 Å². The predicted molar refractivity (Wildman–Crippen MR) is 54.5 cm³/mol. The van der Waals surface area contributed by atoms with Gasteiger partial charge in [0.05, 0.1) is 30.5 Å². The zero-order valence-electron chi connectivity index (χ0n) is 8.13. The highest BCUT2D eigenvalue weighted by Crippen LogP contribution is 2.14. The number of rotatable bonds is 4. The van der Waals surface area contributed by atoms with Crippen molar-refractivity contribution in [2.24, 2.45) is 5.84 Å². The van der Waals surface area contributed by atoms with Crippen molar-refractivity contribution in [1.82, 2.24) is 15.4 Å².